The van der Waals surface area contributed by atoms with E-state index in [0.29, 0.717) is 29.4 Å². The molecule has 0 spiro atoms. The van der Waals surface area contributed by atoms with E-state index in [1.54, 1.807) is 32.2 Å². The topological polar surface area (TPSA) is 74.7 Å². The summed E-state index contributed by atoms with van der Waals surface area (Å²) in [6.07, 6.45) is 1.48. The molecule has 2 aromatic rings. The fourth-order valence-corrected chi connectivity index (χ4v) is 2.70. The molecule has 0 amide bonds. The fourth-order valence-electron chi connectivity index (χ4n) is 1.75. The highest BCUT2D eigenvalue weighted by Crippen LogP contribution is 2.32. The molecule has 1 aromatic heterocycles. The van der Waals surface area contributed by atoms with Crippen molar-refractivity contribution in [2.75, 3.05) is 19.5 Å². The Balaban J connectivity index is 2.10. The van der Waals surface area contributed by atoms with Gasteiger partial charge in [0, 0.05) is 10.6 Å². The van der Waals surface area contributed by atoms with Crippen LogP contribution in [0.15, 0.2) is 39.8 Å². The van der Waals surface area contributed by atoms with Crippen LogP contribution in [0, 0.1) is 0 Å². The second-order valence-corrected chi connectivity index (χ2v) is 5.19. The number of nitrogens with two attached hydrogens (primary N) is 1. The first-order chi connectivity index (χ1) is 10.2. The molecule has 21 heavy (non-hydrogen) atoms. The molecule has 1 heterocycles. The van der Waals surface area contributed by atoms with E-state index in [0.717, 1.165) is 10.6 Å². The Hall–Kier alpha value is -2.08. The number of ether oxygens (including phenoxy) is 2. The molecule has 1 aromatic carbocycles. The van der Waals surface area contributed by atoms with Crippen LogP contribution in [0.5, 0.6) is 5.75 Å². The highest BCUT2D eigenvalue weighted by atomic mass is 32.2. The third-order valence-electron chi connectivity index (χ3n) is 2.82. The Kier molecular flexibility index (Phi) is 5.16. The van der Waals surface area contributed by atoms with Crippen molar-refractivity contribution < 1.29 is 18.7 Å². The second-order valence-electron chi connectivity index (χ2n) is 4.17. The van der Waals surface area contributed by atoms with Gasteiger partial charge in [-0.05, 0) is 31.2 Å². The quantitative estimate of drug-likeness (QED) is 0.501. The maximum atomic E-state index is 11.8. The van der Waals surface area contributed by atoms with Gasteiger partial charge in [0.25, 0.3) is 0 Å². The number of methoxy groups -OCH3 is 1. The minimum absolute atomic E-state index is 0.333. The number of hydrogen-bond acceptors (Lipinski definition) is 6. The third-order valence-corrected chi connectivity index (χ3v) is 3.89. The van der Waals surface area contributed by atoms with Gasteiger partial charge in [-0.15, -0.1) is 11.8 Å². The van der Waals surface area contributed by atoms with Crippen molar-refractivity contribution in [3.8, 4) is 5.75 Å². The van der Waals surface area contributed by atoms with Crippen molar-refractivity contribution in [2.45, 2.75) is 17.6 Å². The zero-order valence-electron chi connectivity index (χ0n) is 11.9. The summed E-state index contributed by atoms with van der Waals surface area (Å²) in [5.74, 6) is 1.41. The lowest BCUT2D eigenvalue weighted by molar-refractivity contribution is 0.0524. The summed E-state index contributed by atoms with van der Waals surface area (Å²) in [6, 6.07) is 7.06. The predicted molar refractivity (Wildman–Crippen MR) is 81.6 cm³/mol. The molecular formula is C15H17NO4S. The van der Waals surface area contributed by atoms with Gasteiger partial charge in [0.2, 0.25) is 0 Å². The summed E-state index contributed by atoms with van der Waals surface area (Å²) in [5.41, 5.74) is 7.04. The van der Waals surface area contributed by atoms with E-state index in [1.165, 1.54) is 18.0 Å². The van der Waals surface area contributed by atoms with Crippen LogP contribution in [0.2, 0.25) is 0 Å². The molecule has 0 atom stereocenters. The Morgan fingerprint density at radius 1 is 1.38 bits per heavy atom. The number of anilines is 1. The van der Waals surface area contributed by atoms with E-state index in [2.05, 4.69) is 0 Å². The molecule has 0 radical (unpaired) electrons. The molecule has 0 fully saturated rings. The van der Waals surface area contributed by atoms with E-state index in [-0.39, 0.29) is 5.97 Å². The number of benzene rings is 1. The molecule has 5 nitrogen and oxygen atoms in total. The first-order valence-corrected chi connectivity index (χ1v) is 7.44. The van der Waals surface area contributed by atoms with Crippen LogP contribution >= 0.6 is 11.8 Å². The van der Waals surface area contributed by atoms with Crippen molar-refractivity contribution in [2.24, 2.45) is 0 Å². The molecule has 6 heteroatoms. The smallest absolute Gasteiger partial charge is 0.341 e. The Morgan fingerprint density at radius 2 is 2.19 bits per heavy atom. The summed E-state index contributed by atoms with van der Waals surface area (Å²) in [5, 5.41) is 0. The standard InChI is InChI=1S/C15H17NO4S/c1-3-19-15(17)11-6-7-20-13(11)9-21-14-8-10(18-2)4-5-12(14)16/h4-8H,3,9,16H2,1-2H3. The zero-order chi connectivity index (χ0) is 15.2. The molecule has 0 bridgehead atoms. The zero-order valence-corrected chi connectivity index (χ0v) is 12.7. The average molecular weight is 307 g/mol. The summed E-state index contributed by atoms with van der Waals surface area (Å²) in [7, 11) is 1.60. The van der Waals surface area contributed by atoms with Gasteiger partial charge in [-0.2, -0.15) is 0 Å². The largest absolute Gasteiger partial charge is 0.497 e. The minimum Gasteiger partial charge on any atom is -0.497 e. The summed E-state index contributed by atoms with van der Waals surface area (Å²) < 4.78 is 15.5. The molecule has 0 aliphatic carbocycles. The number of hydrogen-bond donors (Lipinski definition) is 1. The van der Waals surface area contributed by atoms with Crippen LogP contribution in [0.4, 0.5) is 5.69 Å². The van der Waals surface area contributed by atoms with Gasteiger partial charge < -0.3 is 19.6 Å². The fraction of sp³-hybridized carbons (Fsp3) is 0.267. The van der Waals surface area contributed by atoms with Crippen LogP contribution in [-0.4, -0.2) is 19.7 Å². The highest BCUT2D eigenvalue weighted by molar-refractivity contribution is 7.98. The molecular weight excluding hydrogens is 290 g/mol. The van der Waals surface area contributed by atoms with Crippen molar-refractivity contribution in [1.29, 1.82) is 0 Å². The van der Waals surface area contributed by atoms with Crippen LogP contribution in [0.25, 0.3) is 0 Å². The van der Waals surface area contributed by atoms with Gasteiger partial charge in [0.1, 0.15) is 17.1 Å². The lowest BCUT2D eigenvalue weighted by atomic mass is 10.3. The van der Waals surface area contributed by atoms with E-state index >= 15 is 0 Å². The predicted octanol–water partition coefficient (Wildman–Crippen LogP) is 3.34. The van der Waals surface area contributed by atoms with E-state index in [4.69, 9.17) is 19.6 Å². The maximum absolute atomic E-state index is 11.8. The Morgan fingerprint density at radius 3 is 2.90 bits per heavy atom. The third kappa shape index (κ3) is 3.72. The SMILES string of the molecule is CCOC(=O)c1ccoc1CSc1cc(OC)ccc1N. The minimum atomic E-state index is -0.375. The Labute approximate surface area is 127 Å². The number of furan rings is 1. The molecule has 0 saturated heterocycles. The number of carbonyl (C=O) groups is 1. The normalized spacial score (nSPS) is 10.4. The molecule has 2 N–H and O–H groups in total. The highest BCUT2D eigenvalue weighted by Gasteiger charge is 2.16. The maximum Gasteiger partial charge on any atom is 0.341 e. The number of nitrogen functional groups attached to an aromatic ring is 1. The molecule has 0 saturated carbocycles. The van der Waals surface area contributed by atoms with Gasteiger partial charge in [-0.25, -0.2) is 4.79 Å². The van der Waals surface area contributed by atoms with Crippen molar-refractivity contribution >= 4 is 23.4 Å². The number of rotatable bonds is 6. The van der Waals surface area contributed by atoms with Crippen molar-refractivity contribution in [3.63, 3.8) is 0 Å². The molecule has 0 aliphatic rings. The van der Waals surface area contributed by atoms with Gasteiger partial charge in [0.15, 0.2) is 0 Å². The molecule has 2 rings (SSSR count). The van der Waals surface area contributed by atoms with Gasteiger partial charge in [-0.3, -0.25) is 0 Å². The Bertz CT molecular complexity index is 624. The van der Waals surface area contributed by atoms with Crippen LogP contribution < -0.4 is 10.5 Å². The van der Waals surface area contributed by atoms with Gasteiger partial charge in [0.05, 0.1) is 25.7 Å². The monoisotopic (exact) mass is 307 g/mol. The van der Waals surface area contributed by atoms with Crippen LogP contribution in [0.1, 0.15) is 23.0 Å². The van der Waals surface area contributed by atoms with Crippen molar-refractivity contribution in [1.82, 2.24) is 0 Å². The lowest BCUT2D eigenvalue weighted by Crippen LogP contribution is -2.05. The molecule has 0 aliphatic heterocycles. The number of carbonyl (C=O) groups excluding carboxylic acids is 1. The summed E-state index contributed by atoms with van der Waals surface area (Å²) in [6.45, 7) is 2.10. The van der Waals surface area contributed by atoms with Gasteiger partial charge >= 0.3 is 5.97 Å². The van der Waals surface area contributed by atoms with E-state index in [9.17, 15) is 4.79 Å². The molecule has 0 unspecified atom stereocenters. The van der Waals surface area contributed by atoms with E-state index < -0.39 is 0 Å². The van der Waals surface area contributed by atoms with Crippen LogP contribution in [-0.2, 0) is 10.5 Å². The van der Waals surface area contributed by atoms with Crippen LogP contribution in [0.3, 0.4) is 0 Å². The van der Waals surface area contributed by atoms with Gasteiger partial charge in [-0.1, -0.05) is 0 Å². The number of esters is 1. The summed E-state index contributed by atoms with van der Waals surface area (Å²) >= 11 is 1.48. The van der Waals surface area contributed by atoms with Crippen molar-refractivity contribution in [3.05, 3.63) is 41.9 Å². The average Bonchev–Trinajstić information content (AvgIpc) is 2.95. The van der Waals surface area contributed by atoms with E-state index in [1.807, 2.05) is 6.07 Å². The lowest BCUT2D eigenvalue weighted by Gasteiger charge is -2.07. The molecule has 112 valence electrons. The summed E-state index contributed by atoms with van der Waals surface area (Å²) in [4.78, 5) is 12.6. The first-order valence-electron chi connectivity index (χ1n) is 6.45. The number of thioether (sulfide) groups is 1. The first kappa shape index (κ1) is 15.3. The second kappa shape index (κ2) is 7.08.